The highest BCUT2D eigenvalue weighted by Gasteiger charge is 2.36. The van der Waals surface area contributed by atoms with Crippen LogP contribution < -0.4 is 4.90 Å². The quantitative estimate of drug-likeness (QED) is 0.741. The van der Waals surface area contributed by atoms with E-state index in [-0.39, 0.29) is 0 Å². The van der Waals surface area contributed by atoms with Crippen LogP contribution >= 0.6 is 31.9 Å². The van der Waals surface area contributed by atoms with Gasteiger partial charge < -0.3 is 4.90 Å². The zero-order chi connectivity index (χ0) is 11.2. The Morgan fingerprint density at radius 3 is 2.53 bits per heavy atom. The van der Waals surface area contributed by atoms with Gasteiger partial charge in [0, 0.05) is 15.5 Å². The summed E-state index contributed by atoms with van der Waals surface area (Å²) in [5.74, 6) is -0.889. The van der Waals surface area contributed by atoms with Gasteiger partial charge in [0.15, 0.2) is 0 Å². The second-order valence-corrected chi connectivity index (χ2v) is 4.93. The number of hydrogen-bond donors (Lipinski definition) is 0. The van der Waals surface area contributed by atoms with Crippen LogP contribution in [0.1, 0.15) is 17.3 Å². The van der Waals surface area contributed by atoms with E-state index in [0.29, 0.717) is 17.8 Å². The Hall–Kier alpha value is -0.680. The second kappa shape index (κ2) is 3.72. The molecule has 0 aromatic heterocycles. The molecule has 0 saturated carbocycles. The van der Waals surface area contributed by atoms with Gasteiger partial charge in [0.05, 0.1) is 11.3 Å². The summed E-state index contributed by atoms with van der Waals surface area (Å²) in [5, 5.41) is 0. The highest BCUT2D eigenvalue weighted by atomic mass is 79.9. The lowest BCUT2D eigenvalue weighted by Gasteiger charge is -2.14. The summed E-state index contributed by atoms with van der Waals surface area (Å²) in [6, 6.07) is 3.50. The number of fused-ring (bicyclic) bond motifs is 1. The lowest BCUT2D eigenvalue weighted by molar-refractivity contribution is -0.114. The average molecular weight is 333 g/mol. The van der Waals surface area contributed by atoms with Crippen molar-refractivity contribution >= 4 is 49.2 Å². The van der Waals surface area contributed by atoms with Gasteiger partial charge in [-0.2, -0.15) is 0 Å². The van der Waals surface area contributed by atoms with Crippen LogP contribution in [0.25, 0.3) is 0 Å². The van der Waals surface area contributed by atoms with Gasteiger partial charge in [0.25, 0.3) is 11.7 Å². The maximum absolute atomic E-state index is 11.6. The predicted octanol–water partition coefficient (Wildman–Crippen LogP) is 2.76. The molecule has 15 heavy (non-hydrogen) atoms. The van der Waals surface area contributed by atoms with E-state index in [1.165, 1.54) is 4.90 Å². The molecule has 0 atom stereocenters. The van der Waals surface area contributed by atoms with Crippen LogP contribution in [0.3, 0.4) is 0 Å². The minimum atomic E-state index is -0.452. The van der Waals surface area contributed by atoms with E-state index in [0.717, 1.165) is 8.95 Å². The van der Waals surface area contributed by atoms with E-state index in [2.05, 4.69) is 31.9 Å². The van der Waals surface area contributed by atoms with Gasteiger partial charge >= 0.3 is 0 Å². The first-order valence-corrected chi connectivity index (χ1v) is 6.00. The molecule has 5 heteroatoms. The molecular weight excluding hydrogens is 326 g/mol. The number of anilines is 1. The largest absolute Gasteiger partial charge is 0.304 e. The van der Waals surface area contributed by atoms with Crippen LogP contribution in [0.15, 0.2) is 21.1 Å². The van der Waals surface area contributed by atoms with Crippen LogP contribution in [-0.4, -0.2) is 18.2 Å². The van der Waals surface area contributed by atoms with Gasteiger partial charge in [-0.3, -0.25) is 9.59 Å². The summed E-state index contributed by atoms with van der Waals surface area (Å²) in [5.41, 5.74) is 1.14. The first-order chi connectivity index (χ1) is 7.06. The van der Waals surface area contributed by atoms with Crippen molar-refractivity contribution in [2.75, 3.05) is 11.4 Å². The molecule has 78 valence electrons. The number of likely N-dealkylation sites (N-methyl/N-ethyl adjacent to an activating group) is 1. The number of Topliss-reactive ketones (excluding diaryl/α,β-unsaturated/α-hetero) is 1. The summed E-state index contributed by atoms with van der Waals surface area (Å²) in [4.78, 5) is 24.7. The lowest BCUT2D eigenvalue weighted by atomic mass is 10.1. The van der Waals surface area contributed by atoms with Crippen LogP contribution in [0.5, 0.6) is 0 Å². The number of rotatable bonds is 1. The molecule has 0 N–H and O–H groups in total. The van der Waals surface area contributed by atoms with Gasteiger partial charge in [-0.1, -0.05) is 15.9 Å². The fourth-order valence-corrected chi connectivity index (χ4v) is 3.09. The van der Waals surface area contributed by atoms with Crippen molar-refractivity contribution in [3.05, 3.63) is 26.6 Å². The van der Waals surface area contributed by atoms with Crippen molar-refractivity contribution in [3.8, 4) is 0 Å². The van der Waals surface area contributed by atoms with E-state index in [1.54, 1.807) is 6.07 Å². The minimum Gasteiger partial charge on any atom is -0.304 e. The van der Waals surface area contributed by atoms with Crippen LogP contribution in [-0.2, 0) is 4.79 Å². The van der Waals surface area contributed by atoms with Crippen molar-refractivity contribution in [1.29, 1.82) is 0 Å². The fourth-order valence-electron chi connectivity index (χ4n) is 1.65. The molecule has 3 nitrogen and oxygen atoms in total. The molecule has 1 aliphatic heterocycles. The summed E-state index contributed by atoms with van der Waals surface area (Å²) in [6.07, 6.45) is 0. The number of halogens is 2. The third kappa shape index (κ3) is 1.54. The molecule has 0 aliphatic carbocycles. The van der Waals surface area contributed by atoms with Gasteiger partial charge in [-0.15, -0.1) is 0 Å². The summed E-state index contributed by atoms with van der Waals surface area (Å²) >= 11 is 6.65. The number of ketones is 1. The Kier molecular flexibility index (Phi) is 2.68. The van der Waals surface area contributed by atoms with Crippen molar-refractivity contribution in [3.63, 3.8) is 0 Å². The standard InChI is InChI=1S/C10H7Br2NO2/c1-2-13-8-6(9(14)10(13)15)3-5(11)4-7(8)12/h3-4H,2H2,1H3. The Morgan fingerprint density at radius 2 is 1.93 bits per heavy atom. The van der Waals surface area contributed by atoms with Crippen LogP contribution in [0.2, 0.25) is 0 Å². The molecule has 2 rings (SSSR count). The zero-order valence-corrected chi connectivity index (χ0v) is 11.1. The minimum absolute atomic E-state index is 0.436. The zero-order valence-electron chi connectivity index (χ0n) is 7.88. The molecule has 1 aromatic rings. The highest BCUT2D eigenvalue weighted by Crippen LogP contribution is 2.38. The molecule has 0 spiro atoms. The number of carbonyl (C=O) groups excluding carboxylic acids is 2. The monoisotopic (exact) mass is 331 g/mol. The summed E-state index contributed by atoms with van der Waals surface area (Å²) in [7, 11) is 0. The number of amides is 1. The summed E-state index contributed by atoms with van der Waals surface area (Å²) < 4.78 is 1.54. The number of carbonyl (C=O) groups is 2. The Bertz CT molecular complexity index is 471. The van der Waals surface area contributed by atoms with Crippen LogP contribution in [0, 0.1) is 0 Å². The van der Waals surface area contributed by atoms with Crippen molar-refractivity contribution in [2.45, 2.75) is 6.92 Å². The van der Waals surface area contributed by atoms with Crippen molar-refractivity contribution in [2.24, 2.45) is 0 Å². The van der Waals surface area contributed by atoms with E-state index >= 15 is 0 Å². The van der Waals surface area contributed by atoms with Gasteiger partial charge in [-0.05, 0) is 35.0 Å². The SMILES string of the molecule is CCN1C(=O)C(=O)c2cc(Br)cc(Br)c21. The molecule has 0 fully saturated rings. The van der Waals surface area contributed by atoms with Gasteiger partial charge in [0.2, 0.25) is 0 Å². The number of benzene rings is 1. The number of nitrogens with zero attached hydrogens (tertiary/aromatic N) is 1. The molecule has 1 aliphatic rings. The maximum Gasteiger partial charge on any atom is 0.299 e. The predicted molar refractivity (Wildman–Crippen MR) is 64.2 cm³/mol. The van der Waals surface area contributed by atoms with E-state index in [9.17, 15) is 9.59 Å². The Morgan fingerprint density at radius 1 is 1.27 bits per heavy atom. The average Bonchev–Trinajstić information content (AvgIpc) is 2.42. The summed E-state index contributed by atoms with van der Waals surface area (Å²) in [6.45, 7) is 2.34. The smallest absolute Gasteiger partial charge is 0.299 e. The van der Waals surface area contributed by atoms with E-state index in [1.807, 2.05) is 13.0 Å². The number of hydrogen-bond acceptors (Lipinski definition) is 2. The lowest BCUT2D eigenvalue weighted by Crippen LogP contribution is -2.29. The molecule has 1 amide bonds. The fraction of sp³-hybridized carbons (Fsp3) is 0.200. The third-order valence-electron chi connectivity index (χ3n) is 2.30. The Labute approximate surface area is 104 Å². The van der Waals surface area contributed by atoms with Crippen molar-refractivity contribution < 1.29 is 9.59 Å². The molecule has 1 heterocycles. The first kappa shape index (κ1) is 10.8. The first-order valence-electron chi connectivity index (χ1n) is 4.41. The third-order valence-corrected chi connectivity index (χ3v) is 3.36. The highest BCUT2D eigenvalue weighted by molar-refractivity contribution is 9.11. The van der Waals surface area contributed by atoms with Crippen LogP contribution in [0.4, 0.5) is 5.69 Å². The molecule has 0 saturated heterocycles. The Balaban J connectivity index is 2.70. The molecule has 0 unspecified atom stereocenters. The molecule has 0 bridgehead atoms. The van der Waals surface area contributed by atoms with E-state index < -0.39 is 11.7 Å². The maximum atomic E-state index is 11.6. The topological polar surface area (TPSA) is 37.4 Å². The van der Waals surface area contributed by atoms with Gasteiger partial charge in [0.1, 0.15) is 0 Å². The van der Waals surface area contributed by atoms with E-state index in [4.69, 9.17) is 0 Å². The normalized spacial score (nSPS) is 14.7. The molecular formula is C10H7Br2NO2. The van der Waals surface area contributed by atoms with Gasteiger partial charge in [-0.25, -0.2) is 0 Å². The second-order valence-electron chi connectivity index (χ2n) is 3.16. The van der Waals surface area contributed by atoms with Crippen molar-refractivity contribution in [1.82, 2.24) is 0 Å². The molecule has 0 radical (unpaired) electrons. The molecule has 1 aromatic carbocycles.